The van der Waals surface area contributed by atoms with E-state index in [1.807, 2.05) is 0 Å². The van der Waals surface area contributed by atoms with Crippen LogP contribution in [-0.4, -0.2) is 48.3 Å². The van der Waals surface area contributed by atoms with Crippen LogP contribution in [0.2, 0.25) is 5.15 Å². The normalized spacial score (nSPS) is 19.1. The predicted molar refractivity (Wildman–Crippen MR) is 78.3 cm³/mol. The molecule has 2 aromatic heterocycles. The topological polar surface area (TPSA) is 92.9 Å². The van der Waals surface area contributed by atoms with E-state index in [1.54, 1.807) is 11.6 Å². The molecule has 0 amide bonds. The molecule has 1 aliphatic rings. The summed E-state index contributed by atoms with van der Waals surface area (Å²) in [6.07, 6.45) is 2.42. The molecule has 0 atom stereocenters. The number of nitrogens with zero attached hydrogens (tertiary/aromatic N) is 2. The molecule has 116 valence electrons. The first-order valence-corrected chi connectivity index (χ1v) is 9.05. The number of imidazole rings is 1. The molecule has 2 N–H and O–H groups in total. The second-order valence-corrected chi connectivity index (χ2v) is 7.75. The minimum atomic E-state index is -3.90. The van der Waals surface area contributed by atoms with Gasteiger partial charge in [-0.05, 0) is 12.8 Å². The van der Waals surface area contributed by atoms with Gasteiger partial charge in [0.25, 0.3) is 10.0 Å². The first-order chi connectivity index (χ1) is 9.97. The van der Waals surface area contributed by atoms with E-state index >= 15 is 0 Å². The van der Waals surface area contributed by atoms with Gasteiger partial charge in [-0.25, -0.2) is 18.1 Å². The smallest absolute Gasteiger partial charge is 0.260 e. The molecule has 3 heterocycles. The van der Waals surface area contributed by atoms with Gasteiger partial charge in [-0.15, -0.1) is 11.3 Å². The number of ether oxygens (including phenoxy) is 1. The number of hydrogen-bond donors (Lipinski definition) is 2. The number of rotatable bonds is 4. The first-order valence-electron chi connectivity index (χ1n) is 6.31. The van der Waals surface area contributed by atoms with Crippen LogP contribution in [-0.2, 0) is 14.8 Å². The van der Waals surface area contributed by atoms with Crippen LogP contribution < -0.4 is 4.72 Å². The monoisotopic (exact) mass is 351 g/mol. The van der Waals surface area contributed by atoms with Crippen molar-refractivity contribution in [1.82, 2.24) is 14.1 Å². The Morgan fingerprint density at radius 2 is 2.24 bits per heavy atom. The summed E-state index contributed by atoms with van der Waals surface area (Å²) in [4.78, 5) is 4.53. The predicted octanol–water partition coefficient (Wildman–Crippen LogP) is 0.869. The van der Waals surface area contributed by atoms with Crippen molar-refractivity contribution in [3.8, 4) is 0 Å². The average Bonchev–Trinajstić information content (AvgIpc) is 2.98. The largest absolute Gasteiger partial charge is 0.394 e. The Morgan fingerprint density at radius 3 is 2.90 bits per heavy atom. The summed E-state index contributed by atoms with van der Waals surface area (Å²) >= 11 is 7.26. The van der Waals surface area contributed by atoms with Crippen LogP contribution in [0.5, 0.6) is 0 Å². The lowest BCUT2D eigenvalue weighted by molar-refractivity contribution is 0.0222. The van der Waals surface area contributed by atoms with E-state index < -0.39 is 15.6 Å². The summed E-state index contributed by atoms with van der Waals surface area (Å²) in [7, 11) is -3.90. The maximum Gasteiger partial charge on any atom is 0.260 e. The Balaban J connectivity index is 2.00. The Bertz CT molecular complexity index is 749. The Hall–Kier alpha value is -0.710. The van der Waals surface area contributed by atoms with Gasteiger partial charge in [-0.3, -0.25) is 4.40 Å². The quantitative estimate of drug-likeness (QED) is 0.852. The lowest BCUT2D eigenvalue weighted by Crippen LogP contribution is -2.54. The van der Waals surface area contributed by atoms with Gasteiger partial charge in [0, 0.05) is 24.8 Å². The highest BCUT2D eigenvalue weighted by molar-refractivity contribution is 7.89. The number of halogens is 1. The molecule has 7 nitrogen and oxygen atoms in total. The molecule has 0 unspecified atom stereocenters. The minimum absolute atomic E-state index is 0.0745. The summed E-state index contributed by atoms with van der Waals surface area (Å²) in [6.45, 7) is 0.507. The number of sulfonamides is 1. The fourth-order valence-electron chi connectivity index (χ4n) is 2.37. The molecule has 0 aliphatic carbocycles. The number of aromatic nitrogens is 2. The number of thiazole rings is 1. The van der Waals surface area contributed by atoms with Gasteiger partial charge in [-0.1, -0.05) is 11.6 Å². The summed E-state index contributed by atoms with van der Waals surface area (Å²) in [5.74, 6) is 0. The molecule has 1 aliphatic heterocycles. The van der Waals surface area contributed by atoms with E-state index in [1.165, 1.54) is 15.7 Å². The van der Waals surface area contributed by atoms with Crippen molar-refractivity contribution < 1.29 is 18.3 Å². The van der Waals surface area contributed by atoms with Gasteiger partial charge >= 0.3 is 0 Å². The van der Waals surface area contributed by atoms with Crippen LogP contribution in [0.4, 0.5) is 0 Å². The van der Waals surface area contributed by atoms with E-state index in [0.29, 0.717) is 31.0 Å². The van der Waals surface area contributed by atoms with E-state index in [2.05, 4.69) is 9.71 Å². The van der Waals surface area contributed by atoms with Gasteiger partial charge in [0.05, 0.1) is 12.1 Å². The molecule has 2 aromatic rings. The van der Waals surface area contributed by atoms with Crippen molar-refractivity contribution in [2.24, 2.45) is 0 Å². The Kier molecular flexibility index (Phi) is 3.97. The number of fused-ring (bicyclic) bond motifs is 1. The van der Waals surface area contributed by atoms with Gasteiger partial charge in [0.2, 0.25) is 0 Å². The molecule has 0 spiro atoms. The van der Waals surface area contributed by atoms with E-state index in [4.69, 9.17) is 16.3 Å². The second-order valence-electron chi connectivity index (χ2n) is 4.92. The summed E-state index contributed by atoms with van der Waals surface area (Å²) < 4.78 is 34.6. The molecule has 3 rings (SSSR count). The molecule has 0 aromatic carbocycles. The Labute approximate surface area is 130 Å². The molecule has 0 saturated carbocycles. The molecule has 21 heavy (non-hydrogen) atoms. The first kappa shape index (κ1) is 15.2. The SMILES string of the molecule is O=S(=O)(NC1(CO)CCOCC1)c1c(Cl)nc2sccn12. The summed E-state index contributed by atoms with van der Waals surface area (Å²) in [5.41, 5.74) is -0.916. The van der Waals surface area contributed by atoms with Gasteiger partial charge < -0.3 is 9.84 Å². The molecule has 0 bridgehead atoms. The molecule has 10 heteroatoms. The number of aliphatic hydroxyl groups is 1. The van der Waals surface area contributed by atoms with Gasteiger partial charge in [-0.2, -0.15) is 0 Å². The maximum atomic E-state index is 12.7. The molecular formula is C11H14ClN3O4S2. The number of aliphatic hydroxyl groups excluding tert-OH is 1. The van der Waals surface area contributed by atoms with E-state index in [9.17, 15) is 13.5 Å². The van der Waals surface area contributed by atoms with Crippen LogP contribution in [0.3, 0.4) is 0 Å². The highest BCUT2D eigenvalue weighted by Gasteiger charge is 2.38. The number of hydrogen-bond acceptors (Lipinski definition) is 6. The molecule has 1 saturated heterocycles. The molecular weight excluding hydrogens is 338 g/mol. The number of nitrogens with one attached hydrogen (secondary N) is 1. The van der Waals surface area contributed by atoms with Crippen LogP contribution in [0, 0.1) is 0 Å². The highest BCUT2D eigenvalue weighted by atomic mass is 35.5. The van der Waals surface area contributed by atoms with Crippen molar-refractivity contribution in [3.63, 3.8) is 0 Å². The van der Waals surface area contributed by atoms with Crippen molar-refractivity contribution in [1.29, 1.82) is 0 Å². The third-order valence-corrected chi connectivity index (χ3v) is 6.27. The fraction of sp³-hybridized carbons (Fsp3) is 0.545. The maximum absolute atomic E-state index is 12.7. The lowest BCUT2D eigenvalue weighted by Gasteiger charge is -2.35. The fourth-order valence-corrected chi connectivity index (χ4v) is 5.27. The van der Waals surface area contributed by atoms with Crippen molar-refractivity contribution >= 4 is 37.9 Å². The summed E-state index contributed by atoms with van der Waals surface area (Å²) in [5, 5.41) is 11.2. The van der Waals surface area contributed by atoms with E-state index in [-0.39, 0.29) is 16.8 Å². The second kappa shape index (κ2) is 5.49. The van der Waals surface area contributed by atoms with Crippen LogP contribution in [0.15, 0.2) is 16.6 Å². The average molecular weight is 352 g/mol. The zero-order valence-corrected chi connectivity index (χ0v) is 13.3. The molecule has 1 fully saturated rings. The zero-order chi connectivity index (χ0) is 15.1. The van der Waals surface area contributed by atoms with E-state index in [0.717, 1.165) is 0 Å². The third-order valence-electron chi connectivity index (χ3n) is 3.54. The zero-order valence-electron chi connectivity index (χ0n) is 11.0. The Morgan fingerprint density at radius 1 is 1.52 bits per heavy atom. The van der Waals surface area contributed by atoms with Gasteiger partial charge in [0.1, 0.15) is 0 Å². The lowest BCUT2D eigenvalue weighted by atomic mass is 9.93. The van der Waals surface area contributed by atoms with Crippen molar-refractivity contribution in [2.75, 3.05) is 19.8 Å². The van der Waals surface area contributed by atoms with Crippen molar-refractivity contribution in [3.05, 3.63) is 16.7 Å². The standard InChI is InChI=1S/C11H14ClN3O4S2/c12-8-9(15-3-6-20-10(15)13-8)21(17,18)14-11(7-16)1-4-19-5-2-11/h3,6,14,16H,1-2,4-5,7H2. The molecule has 0 radical (unpaired) electrons. The highest BCUT2D eigenvalue weighted by Crippen LogP contribution is 2.28. The van der Waals surface area contributed by atoms with Crippen LogP contribution in [0.25, 0.3) is 4.96 Å². The summed E-state index contributed by atoms with van der Waals surface area (Å²) in [6, 6.07) is 0. The van der Waals surface area contributed by atoms with Gasteiger partial charge in [0.15, 0.2) is 15.1 Å². The van der Waals surface area contributed by atoms with Crippen molar-refractivity contribution in [2.45, 2.75) is 23.4 Å². The van der Waals surface area contributed by atoms with Crippen LogP contribution in [0.1, 0.15) is 12.8 Å². The third kappa shape index (κ3) is 2.69. The minimum Gasteiger partial charge on any atom is -0.394 e. The van der Waals surface area contributed by atoms with Crippen LogP contribution >= 0.6 is 22.9 Å².